The average molecular weight is 502 g/mol. The summed E-state index contributed by atoms with van der Waals surface area (Å²) in [5.41, 5.74) is 2.17. The molecular formula is C27H33BrFNO2. The Bertz CT molecular complexity index is 943. The van der Waals surface area contributed by atoms with E-state index in [1.807, 2.05) is 12.1 Å². The molecule has 0 aliphatic heterocycles. The molecule has 6 rings (SSSR count). The largest absolute Gasteiger partial charge is 0.493 e. The van der Waals surface area contributed by atoms with Crippen LogP contribution in [0, 0.1) is 29.0 Å². The van der Waals surface area contributed by atoms with Crippen molar-refractivity contribution in [3.8, 4) is 11.5 Å². The first-order valence-corrected chi connectivity index (χ1v) is 12.7. The molecule has 1 N–H and O–H groups in total. The molecule has 1 unspecified atom stereocenters. The van der Waals surface area contributed by atoms with Gasteiger partial charge in [0.25, 0.3) is 0 Å². The zero-order valence-corrected chi connectivity index (χ0v) is 20.6. The topological polar surface area (TPSA) is 30.5 Å². The van der Waals surface area contributed by atoms with Crippen molar-refractivity contribution in [2.24, 2.45) is 23.2 Å². The second kappa shape index (κ2) is 8.98. The summed E-state index contributed by atoms with van der Waals surface area (Å²) in [5, 5.41) is 3.85. The maximum atomic E-state index is 14.0. The van der Waals surface area contributed by atoms with Gasteiger partial charge in [0.15, 0.2) is 11.5 Å². The molecular weight excluding hydrogens is 469 g/mol. The van der Waals surface area contributed by atoms with E-state index >= 15 is 0 Å². The van der Waals surface area contributed by atoms with E-state index < -0.39 is 0 Å². The van der Waals surface area contributed by atoms with E-state index in [9.17, 15) is 4.39 Å². The van der Waals surface area contributed by atoms with E-state index in [4.69, 9.17) is 9.47 Å². The molecule has 4 fully saturated rings. The predicted molar refractivity (Wildman–Crippen MR) is 128 cm³/mol. The van der Waals surface area contributed by atoms with Crippen molar-refractivity contribution in [3.63, 3.8) is 0 Å². The van der Waals surface area contributed by atoms with E-state index in [0.717, 1.165) is 34.3 Å². The lowest BCUT2D eigenvalue weighted by atomic mass is 9.48. The van der Waals surface area contributed by atoms with Crippen LogP contribution in [0.2, 0.25) is 0 Å². The Hall–Kier alpha value is -1.59. The third kappa shape index (κ3) is 4.31. The zero-order chi connectivity index (χ0) is 22.3. The summed E-state index contributed by atoms with van der Waals surface area (Å²) in [6.07, 6.45) is 8.65. The van der Waals surface area contributed by atoms with Crippen molar-refractivity contribution >= 4 is 15.9 Å². The summed E-state index contributed by atoms with van der Waals surface area (Å²) in [6.45, 7) is 3.35. The first-order chi connectivity index (χ1) is 15.5. The quantitative estimate of drug-likeness (QED) is 0.427. The summed E-state index contributed by atoms with van der Waals surface area (Å²) < 4.78 is 26.3. The minimum atomic E-state index is -0.262. The van der Waals surface area contributed by atoms with Gasteiger partial charge in [-0.25, -0.2) is 4.39 Å². The van der Waals surface area contributed by atoms with Crippen molar-refractivity contribution in [2.75, 3.05) is 7.11 Å². The average Bonchev–Trinajstić information content (AvgIpc) is 2.76. The summed E-state index contributed by atoms with van der Waals surface area (Å²) in [7, 11) is 1.65. The number of benzene rings is 2. The van der Waals surface area contributed by atoms with Gasteiger partial charge in [0.1, 0.15) is 12.4 Å². The monoisotopic (exact) mass is 501 g/mol. The van der Waals surface area contributed by atoms with Gasteiger partial charge in [-0.3, -0.25) is 0 Å². The highest BCUT2D eigenvalue weighted by Crippen LogP contribution is 2.61. The molecule has 172 valence electrons. The lowest BCUT2D eigenvalue weighted by Crippen LogP contribution is -2.54. The molecule has 0 spiro atoms. The molecule has 0 aromatic heterocycles. The highest BCUT2D eigenvalue weighted by atomic mass is 79.9. The Morgan fingerprint density at radius 2 is 1.75 bits per heavy atom. The Morgan fingerprint density at radius 3 is 2.38 bits per heavy atom. The minimum absolute atomic E-state index is 0.155. The summed E-state index contributed by atoms with van der Waals surface area (Å²) in [6, 6.07) is 11.3. The number of ether oxygens (including phenoxy) is 2. The van der Waals surface area contributed by atoms with Crippen molar-refractivity contribution in [3.05, 3.63) is 57.8 Å². The van der Waals surface area contributed by atoms with E-state index in [-0.39, 0.29) is 12.4 Å². The molecule has 2 aromatic carbocycles. The predicted octanol–water partition coefficient (Wildman–Crippen LogP) is 6.87. The van der Waals surface area contributed by atoms with Crippen LogP contribution >= 0.6 is 15.9 Å². The molecule has 2 aromatic rings. The Kier molecular flexibility index (Phi) is 6.23. The molecule has 0 heterocycles. The maximum Gasteiger partial charge on any atom is 0.175 e. The number of nitrogens with one attached hydrogen (secondary N) is 1. The van der Waals surface area contributed by atoms with Gasteiger partial charge in [-0.1, -0.05) is 18.2 Å². The molecule has 1 atom stereocenters. The summed E-state index contributed by atoms with van der Waals surface area (Å²) >= 11 is 3.64. The first-order valence-electron chi connectivity index (χ1n) is 11.9. The Morgan fingerprint density at radius 1 is 1.09 bits per heavy atom. The van der Waals surface area contributed by atoms with Gasteiger partial charge in [0.05, 0.1) is 11.6 Å². The van der Waals surface area contributed by atoms with E-state index in [1.165, 1.54) is 44.6 Å². The highest BCUT2D eigenvalue weighted by Gasteiger charge is 2.52. The molecule has 4 saturated carbocycles. The molecule has 5 heteroatoms. The summed E-state index contributed by atoms with van der Waals surface area (Å²) in [5.74, 6) is 3.90. The smallest absolute Gasteiger partial charge is 0.175 e. The first kappa shape index (κ1) is 22.2. The van der Waals surface area contributed by atoms with Gasteiger partial charge in [0, 0.05) is 18.2 Å². The van der Waals surface area contributed by atoms with Crippen molar-refractivity contribution < 1.29 is 13.9 Å². The molecule has 4 bridgehead atoms. The summed E-state index contributed by atoms with van der Waals surface area (Å²) in [4.78, 5) is 0. The van der Waals surface area contributed by atoms with Crippen LogP contribution in [-0.2, 0) is 13.2 Å². The van der Waals surface area contributed by atoms with Gasteiger partial charge in [-0.05, 0) is 108 Å². The fourth-order valence-corrected chi connectivity index (χ4v) is 7.58. The Labute approximate surface area is 199 Å². The lowest BCUT2D eigenvalue weighted by molar-refractivity contribution is -0.0706. The van der Waals surface area contributed by atoms with Gasteiger partial charge < -0.3 is 14.8 Å². The second-order valence-corrected chi connectivity index (χ2v) is 11.2. The fraction of sp³-hybridized carbons (Fsp3) is 0.556. The number of methoxy groups -OCH3 is 1. The van der Waals surface area contributed by atoms with E-state index in [1.54, 1.807) is 19.2 Å². The molecule has 32 heavy (non-hydrogen) atoms. The third-order valence-electron chi connectivity index (χ3n) is 8.24. The molecule has 4 aliphatic carbocycles. The van der Waals surface area contributed by atoms with Crippen LogP contribution in [-0.4, -0.2) is 13.2 Å². The molecule has 4 aliphatic rings. The van der Waals surface area contributed by atoms with Gasteiger partial charge in [-0.2, -0.15) is 0 Å². The highest BCUT2D eigenvalue weighted by molar-refractivity contribution is 9.10. The van der Waals surface area contributed by atoms with Crippen LogP contribution in [0.25, 0.3) is 0 Å². The lowest BCUT2D eigenvalue weighted by Gasteiger charge is -2.59. The Balaban J connectivity index is 1.25. The maximum absolute atomic E-state index is 14.0. The SMILES string of the molecule is COc1cc(CNC(C)C23CC4CC(CC(C4)C2)C3)cc(Br)c1OCc1ccccc1F. The fourth-order valence-electron chi connectivity index (χ4n) is 6.98. The number of rotatable bonds is 8. The second-order valence-electron chi connectivity index (χ2n) is 10.4. The number of halogens is 2. The van der Waals surface area contributed by atoms with Crippen molar-refractivity contribution in [2.45, 2.75) is 64.6 Å². The van der Waals surface area contributed by atoms with Crippen molar-refractivity contribution in [1.29, 1.82) is 0 Å². The van der Waals surface area contributed by atoms with Crippen LogP contribution < -0.4 is 14.8 Å². The van der Waals surface area contributed by atoms with Gasteiger partial charge in [0.2, 0.25) is 0 Å². The normalized spacial score (nSPS) is 29.2. The van der Waals surface area contributed by atoms with Crippen LogP contribution in [0.15, 0.2) is 40.9 Å². The van der Waals surface area contributed by atoms with Crippen LogP contribution in [0.1, 0.15) is 56.6 Å². The molecule has 0 amide bonds. The van der Waals surface area contributed by atoms with Gasteiger partial charge >= 0.3 is 0 Å². The van der Waals surface area contributed by atoms with Crippen LogP contribution in [0.3, 0.4) is 0 Å². The minimum Gasteiger partial charge on any atom is -0.493 e. The number of hydrogen-bond donors (Lipinski definition) is 1. The molecule has 3 nitrogen and oxygen atoms in total. The van der Waals surface area contributed by atoms with Crippen LogP contribution in [0.4, 0.5) is 4.39 Å². The van der Waals surface area contributed by atoms with E-state index in [0.29, 0.717) is 28.5 Å². The third-order valence-corrected chi connectivity index (χ3v) is 8.82. The molecule has 0 saturated heterocycles. The number of hydrogen-bond acceptors (Lipinski definition) is 3. The van der Waals surface area contributed by atoms with Crippen LogP contribution in [0.5, 0.6) is 11.5 Å². The van der Waals surface area contributed by atoms with Gasteiger partial charge in [-0.15, -0.1) is 0 Å². The van der Waals surface area contributed by atoms with E-state index in [2.05, 4.69) is 34.2 Å². The zero-order valence-electron chi connectivity index (χ0n) is 19.0. The standard InChI is InChI=1S/C27H33BrFNO2/c1-17(27-12-18-7-19(13-27)9-20(8-18)14-27)30-15-21-10-23(28)26(25(11-21)31-2)32-16-22-5-3-4-6-24(22)29/h3-6,10-11,17-20,30H,7-9,12-16H2,1-2H3. The van der Waals surface area contributed by atoms with Crippen molar-refractivity contribution in [1.82, 2.24) is 5.32 Å². The molecule has 0 radical (unpaired) electrons.